The number of halogens is 1. The first-order valence-electron chi connectivity index (χ1n) is 5.81. The molecule has 0 spiro atoms. The van der Waals surface area contributed by atoms with Gasteiger partial charge >= 0.3 is 0 Å². The van der Waals surface area contributed by atoms with E-state index in [1.54, 1.807) is 18.2 Å². The molecule has 1 aromatic rings. The van der Waals surface area contributed by atoms with E-state index in [2.05, 4.69) is 6.07 Å². The summed E-state index contributed by atoms with van der Waals surface area (Å²) in [5.74, 6) is 0.535. The van der Waals surface area contributed by atoms with E-state index in [0.29, 0.717) is 16.3 Å². The Morgan fingerprint density at radius 1 is 1.44 bits per heavy atom. The van der Waals surface area contributed by atoms with Gasteiger partial charge in [0.2, 0.25) is 5.91 Å². The molecule has 94 valence electrons. The van der Waals surface area contributed by atoms with Gasteiger partial charge in [0, 0.05) is 23.0 Å². The van der Waals surface area contributed by atoms with Crippen LogP contribution in [0, 0.1) is 11.3 Å². The summed E-state index contributed by atoms with van der Waals surface area (Å²) < 4.78 is 0. The van der Waals surface area contributed by atoms with E-state index in [9.17, 15) is 4.79 Å². The fourth-order valence-corrected chi connectivity index (χ4v) is 2.97. The van der Waals surface area contributed by atoms with Crippen LogP contribution in [0.25, 0.3) is 0 Å². The standard InChI is InChI=1S/C13H13ClN2OS/c14-11-3-4-12(10(7-11)8-15)18-9-13(17)16-5-1-2-6-16/h3-4,7H,1-2,5-6,9H2. The molecule has 1 aliphatic rings. The summed E-state index contributed by atoms with van der Waals surface area (Å²) in [6.45, 7) is 1.73. The smallest absolute Gasteiger partial charge is 0.232 e. The van der Waals surface area contributed by atoms with E-state index < -0.39 is 0 Å². The molecular weight excluding hydrogens is 268 g/mol. The van der Waals surface area contributed by atoms with Crippen LogP contribution in [-0.2, 0) is 4.79 Å². The molecular formula is C13H13ClN2OS. The minimum Gasteiger partial charge on any atom is -0.342 e. The van der Waals surface area contributed by atoms with Crippen molar-refractivity contribution in [2.24, 2.45) is 0 Å². The van der Waals surface area contributed by atoms with Crippen LogP contribution in [0.3, 0.4) is 0 Å². The lowest BCUT2D eigenvalue weighted by atomic mass is 10.2. The molecule has 1 fully saturated rings. The Morgan fingerprint density at radius 2 is 2.17 bits per heavy atom. The molecule has 0 unspecified atom stereocenters. The molecule has 0 radical (unpaired) electrons. The van der Waals surface area contributed by atoms with Crippen molar-refractivity contribution >= 4 is 29.3 Å². The number of thioether (sulfide) groups is 1. The van der Waals surface area contributed by atoms with E-state index in [-0.39, 0.29) is 5.91 Å². The lowest BCUT2D eigenvalue weighted by molar-refractivity contribution is -0.127. The van der Waals surface area contributed by atoms with Gasteiger partial charge in [0.15, 0.2) is 0 Å². The van der Waals surface area contributed by atoms with E-state index >= 15 is 0 Å². The van der Waals surface area contributed by atoms with E-state index in [4.69, 9.17) is 16.9 Å². The van der Waals surface area contributed by atoms with Crippen molar-refractivity contribution in [1.29, 1.82) is 5.26 Å². The minimum absolute atomic E-state index is 0.149. The molecule has 0 aliphatic carbocycles. The zero-order chi connectivity index (χ0) is 13.0. The van der Waals surface area contributed by atoms with Crippen LogP contribution < -0.4 is 0 Å². The Balaban J connectivity index is 1.97. The van der Waals surface area contributed by atoms with E-state index in [1.165, 1.54) is 11.8 Å². The van der Waals surface area contributed by atoms with E-state index in [1.807, 2.05) is 4.90 Å². The van der Waals surface area contributed by atoms with Gasteiger partial charge in [-0.2, -0.15) is 5.26 Å². The number of nitriles is 1. The molecule has 0 saturated carbocycles. The van der Waals surface area contributed by atoms with Gasteiger partial charge in [0.1, 0.15) is 6.07 Å². The highest BCUT2D eigenvalue weighted by molar-refractivity contribution is 8.00. The average molecular weight is 281 g/mol. The Bertz CT molecular complexity index is 492. The van der Waals surface area contributed by atoms with Crippen molar-refractivity contribution in [3.63, 3.8) is 0 Å². The monoisotopic (exact) mass is 280 g/mol. The van der Waals surface area contributed by atoms with Crippen LogP contribution in [0.4, 0.5) is 0 Å². The molecule has 1 aromatic carbocycles. The van der Waals surface area contributed by atoms with Gasteiger partial charge in [-0.3, -0.25) is 4.79 Å². The first kappa shape index (κ1) is 13.3. The molecule has 3 nitrogen and oxygen atoms in total. The Labute approximate surface area is 116 Å². The summed E-state index contributed by atoms with van der Waals surface area (Å²) in [6.07, 6.45) is 2.20. The number of benzene rings is 1. The van der Waals surface area contributed by atoms with Crippen molar-refractivity contribution in [1.82, 2.24) is 4.90 Å². The maximum atomic E-state index is 11.9. The highest BCUT2D eigenvalue weighted by Crippen LogP contribution is 2.25. The maximum Gasteiger partial charge on any atom is 0.232 e. The Hall–Kier alpha value is -1.18. The summed E-state index contributed by atoms with van der Waals surface area (Å²) in [7, 11) is 0. The SMILES string of the molecule is N#Cc1cc(Cl)ccc1SCC(=O)N1CCCC1. The van der Waals surface area contributed by atoms with Crippen LogP contribution in [0.1, 0.15) is 18.4 Å². The number of likely N-dealkylation sites (tertiary alicyclic amines) is 1. The number of carbonyl (C=O) groups excluding carboxylic acids is 1. The topological polar surface area (TPSA) is 44.1 Å². The highest BCUT2D eigenvalue weighted by Gasteiger charge is 2.18. The Kier molecular flexibility index (Phi) is 4.51. The second-order valence-corrected chi connectivity index (χ2v) is 5.58. The van der Waals surface area contributed by atoms with Crippen LogP contribution in [0.5, 0.6) is 0 Å². The normalized spacial score (nSPS) is 14.6. The van der Waals surface area contributed by atoms with Crippen molar-refractivity contribution in [2.45, 2.75) is 17.7 Å². The third kappa shape index (κ3) is 3.18. The first-order valence-corrected chi connectivity index (χ1v) is 7.17. The maximum absolute atomic E-state index is 11.9. The second kappa shape index (κ2) is 6.12. The van der Waals surface area contributed by atoms with E-state index in [0.717, 1.165) is 30.8 Å². The van der Waals surface area contributed by atoms with Gasteiger partial charge in [0.05, 0.1) is 11.3 Å². The number of nitrogens with zero attached hydrogens (tertiary/aromatic N) is 2. The van der Waals surface area contributed by atoms with Gasteiger partial charge in [0.25, 0.3) is 0 Å². The van der Waals surface area contributed by atoms with Crippen molar-refractivity contribution < 1.29 is 4.79 Å². The molecule has 0 aromatic heterocycles. The summed E-state index contributed by atoms with van der Waals surface area (Å²) in [4.78, 5) is 14.6. The van der Waals surface area contributed by atoms with Crippen LogP contribution in [0.15, 0.2) is 23.1 Å². The predicted molar refractivity (Wildman–Crippen MR) is 72.7 cm³/mol. The fraction of sp³-hybridized carbons (Fsp3) is 0.385. The van der Waals surface area contributed by atoms with Crippen LogP contribution >= 0.6 is 23.4 Å². The Morgan fingerprint density at radius 3 is 2.83 bits per heavy atom. The number of rotatable bonds is 3. The van der Waals surface area contributed by atoms with Gasteiger partial charge in [-0.1, -0.05) is 11.6 Å². The first-order chi connectivity index (χ1) is 8.70. The van der Waals surface area contributed by atoms with Crippen molar-refractivity contribution in [3.05, 3.63) is 28.8 Å². The number of hydrogen-bond acceptors (Lipinski definition) is 3. The summed E-state index contributed by atoms with van der Waals surface area (Å²) >= 11 is 7.23. The molecule has 1 aliphatic heterocycles. The molecule has 1 saturated heterocycles. The molecule has 0 atom stereocenters. The third-order valence-electron chi connectivity index (χ3n) is 2.87. The number of hydrogen-bond donors (Lipinski definition) is 0. The summed E-state index contributed by atoms with van der Waals surface area (Å²) in [6, 6.07) is 7.26. The third-order valence-corrected chi connectivity index (χ3v) is 4.17. The molecule has 5 heteroatoms. The molecule has 18 heavy (non-hydrogen) atoms. The number of amides is 1. The largest absolute Gasteiger partial charge is 0.342 e. The predicted octanol–water partition coefficient (Wildman–Crippen LogP) is 2.93. The van der Waals surface area contributed by atoms with Crippen molar-refractivity contribution in [3.8, 4) is 6.07 Å². The molecule has 2 rings (SSSR count). The van der Waals surface area contributed by atoms with Gasteiger partial charge in [-0.15, -0.1) is 11.8 Å². The summed E-state index contributed by atoms with van der Waals surface area (Å²) in [5.41, 5.74) is 0.529. The van der Waals surface area contributed by atoms with Crippen LogP contribution in [-0.4, -0.2) is 29.6 Å². The molecule has 0 bridgehead atoms. The number of carbonyl (C=O) groups is 1. The lowest BCUT2D eigenvalue weighted by Gasteiger charge is -2.14. The fourth-order valence-electron chi connectivity index (χ4n) is 1.91. The molecule has 1 amide bonds. The van der Waals surface area contributed by atoms with Gasteiger partial charge in [-0.25, -0.2) is 0 Å². The lowest BCUT2D eigenvalue weighted by Crippen LogP contribution is -2.29. The van der Waals surface area contributed by atoms with Crippen LogP contribution in [0.2, 0.25) is 5.02 Å². The van der Waals surface area contributed by atoms with Gasteiger partial charge < -0.3 is 4.90 Å². The average Bonchev–Trinajstić information content (AvgIpc) is 2.90. The van der Waals surface area contributed by atoms with Gasteiger partial charge in [-0.05, 0) is 31.0 Å². The molecule has 1 heterocycles. The highest BCUT2D eigenvalue weighted by atomic mass is 35.5. The molecule has 0 N–H and O–H groups in total. The summed E-state index contributed by atoms with van der Waals surface area (Å²) in [5, 5.41) is 9.55. The second-order valence-electron chi connectivity index (χ2n) is 4.13. The quantitative estimate of drug-likeness (QED) is 0.800. The zero-order valence-electron chi connectivity index (χ0n) is 9.86. The zero-order valence-corrected chi connectivity index (χ0v) is 11.4. The minimum atomic E-state index is 0.149. The van der Waals surface area contributed by atoms with Crippen molar-refractivity contribution in [2.75, 3.05) is 18.8 Å².